The lowest BCUT2D eigenvalue weighted by molar-refractivity contribution is -0.150. The minimum Gasteiger partial charge on any atom is -0.482 e. The molecule has 0 aromatic heterocycles. The highest BCUT2D eigenvalue weighted by molar-refractivity contribution is 5.94. The number of esters is 1. The van der Waals surface area contributed by atoms with E-state index in [-0.39, 0.29) is 24.9 Å². The first-order chi connectivity index (χ1) is 12.5. The van der Waals surface area contributed by atoms with E-state index in [2.05, 4.69) is 5.32 Å². The van der Waals surface area contributed by atoms with Gasteiger partial charge in [0.05, 0.1) is 0 Å². The number of amides is 1. The number of ketones is 1. The molecule has 0 aliphatic heterocycles. The topological polar surface area (TPSA) is 81.7 Å². The summed E-state index contributed by atoms with van der Waals surface area (Å²) in [4.78, 5) is 34.7. The highest BCUT2D eigenvalue weighted by Crippen LogP contribution is 2.13. The Balaban J connectivity index is 1.71. The minimum absolute atomic E-state index is 0.0941. The number of Topliss-reactive ketones (excluding diaryl/α,β-unsaturated/α-hetero) is 1. The zero-order valence-electron chi connectivity index (χ0n) is 14.8. The van der Waals surface area contributed by atoms with Gasteiger partial charge in [0, 0.05) is 12.1 Å². The van der Waals surface area contributed by atoms with E-state index in [9.17, 15) is 14.4 Å². The highest BCUT2D eigenvalue weighted by Gasteiger charge is 2.09. The molecule has 0 bridgehead atoms. The van der Waals surface area contributed by atoms with Gasteiger partial charge in [0.1, 0.15) is 5.75 Å². The van der Waals surface area contributed by atoms with Crippen LogP contribution in [0.2, 0.25) is 0 Å². The molecule has 6 nitrogen and oxygen atoms in total. The smallest absolute Gasteiger partial charge is 0.344 e. The van der Waals surface area contributed by atoms with Crippen LogP contribution in [0.5, 0.6) is 5.75 Å². The summed E-state index contributed by atoms with van der Waals surface area (Å²) in [6.45, 7) is 3.06. The standard InChI is InChI=1S/C20H21NO5/c1-14-6-3-4-7-17(14)11-21-19(23)12-26-20(24)13-25-18-9-5-8-16(10-18)15(2)22/h3-10H,11-13H2,1-2H3,(H,21,23). The first-order valence-electron chi connectivity index (χ1n) is 8.16. The molecule has 1 amide bonds. The molecule has 0 fully saturated rings. The second-order valence-corrected chi connectivity index (χ2v) is 5.74. The molecular formula is C20H21NO5. The molecule has 0 heterocycles. The van der Waals surface area contributed by atoms with Crippen LogP contribution in [-0.2, 0) is 20.9 Å². The average molecular weight is 355 g/mol. The lowest BCUT2D eigenvalue weighted by Crippen LogP contribution is -2.29. The molecule has 26 heavy (non-hydrogen) atoms. The molecule has 0 aliphatic rings. The zero-order chi connectivity index (χ0) is 18.9. The fourth-order valence-electron chi connectivity index (χ4n) is 2.19. The van der Waals surface area contributed by atoms with E-state index in [4.69, 9.17) is 9.47 Å². The molecule has 0 atom stereocenters. The monoisotopic (exact) mass is 355 g/mol. The third-order valence-corrected chi connectivity index (χ3v) is 3.70. The number of aryl methyl sites for hydroxylation is 1. The van der Waals surface area contributed by atoms with Crippen LogP contribution < -0.4 is 10.1 Å². The van der Waals surface area contributed by atoms with E-state index >= 15 is 0 Å². The van der Waals surface area contributed by atoms with Crippen LogP contribution in [0.25, 0.3) is 0 Å². The number of rotatable bonds is 8. The summed E-state index contributed by atoms with van der Waals surface area (Å²) >= 11 is 0. The van der Waals surface area contributed by atoms with Crippen molar-refractivity contribution in [2.24, 2.45) is 0 Å². The quantitative estimate of drug-likeness (QED) is 0.581. The van der Waals surface area contributed by atoms with Gasteiger partial charge >= 0.3 is 5.97 Å². The van der Waals surface area contributed by atoms with E-state index in [1.165, 1.54) is 6.92 Å². The van der Waals surface area contributed by atoms with Crippen molar-refractivity contribution in [3.63, 3.8) is 0 Å². The van der Waals surface area contributed by atoms with Crippen LogP contribution in [0.1, 0.15) is 28.4 Å². The maximum absolute atomic E-state index is 11.8. The lowest BCUT2D eigenvalue weighted by atomic mass is 10.1. The maximum atomic E-state index is 11.8. The highest BCUT2D eigenvalue weighted by atomic mass is 16.6. The summed E-state index contributed by atoms with van der Waals surface area (Å²) in [5.41, 5.74) is 2.57. The molecule has 0 unspecified atom stereocenters. The molecule has 2 aromatic carbocycles. The molecule has 136 valence electrons. The first-order valence-corrected chi connectivity index (χ1v) is 8.16. The van der Waals surface area contributed by atoms with Crippen LogP contribution in [0.4, 0.5) is 0 Å². The first kappa shape index (κ1) is 19.2. The van der Waals surface area contributed by atoms with Gasteiger partial charge in [-0.15, -0.1) is 0 Å². The predicted molar refractivity (Wildman–Crippen MR) is 95.9 cm³/mol. The van der Waals surface area contributed by atoms with Crippen LogP contribution in [0.15, 0.2) is 48.5 Å². The van der Waals surface area contributed by atoms with Gasteiger partial charge < -0.3 is 14.8 Å². The van der Waals surface area contributed by atoms with E-state index in [0.29, 0.717) is 17.9 Å². The summed E-state index contributed by atoms with van der Waals surface area (Å²) in [5.74, 6) is -0.758. The van der Waals surface area contributed by atoms with Crippen LogP contribution >= 0.6 is 0 Å². The molecule has 6 heteroatoms. The van der Waals surface area contributed by atoms with Crippen molar-refractivity contribution in [3.8, 4) is 5.75 Å². The number of ether oxygens (including phenoxy) is 2. The Labute approximate surface area is 152 Å². The maximum Gasteiger partial charge on any atom is 0.344 e. The fraction of sp³-hybridized carbons (Fsp3) is 0.250. The van der Waals surface area contributed by atoms with E-state index in [1.807, 2.05) is 31.2 Å². The largest absolute Gasteiger partial charge is 0.482 e. The Bertz CT molecular complexity index is 800. The molecule has 2 aromatic rings. The van der Waals surface area contributed by atoms with Crippen molar-refractivity contribution in [2.75, 3.05) is 13.2 Å². The van der Waals surface area contributed by atoms with Crippen LogP contribution in [0.3, 0.4) is 0 Å². The predicted octanol–water partition coefficient (Wildman–Crippen LogP) is 2.44. The number of carbonyl (C=O) groups is 3. The second kappa shape index (κ2) is 9.36. The molecule has 1 N–H and O–H groups in total. The van der Waals surface area contributed by atoms with E-state index in [0.717, 1.165) is 11.1 Å². The normalized spacial score (nSPS) is 10.1. The Morgan fingerprint density at radius 3 is 2.50 bits per heavy atom. The molecular weight excluding hydrogens is 334 g/mol. The third-order valence-electron chi connectivity index (χ3n) is 3.70. The summed E-state index contributed by atoms with van der Waals surface area (Å²) in [6.07, 6.45) is 0. The zero-order valence-corrected chi connectivity index (χ0v) is 14.8. The van der Waals surface area contributed by atoms with Gasteiger partial charge in [0.15, 0.2) is 19.0 Å². The lowest BCUT2D eigenvalue weighted by Gasteiger charge is -2.09. The van der Waals surface area contributed by atoms with Crippen molar-refractivity contribution < 1.29 is 23.9 Å². The molecule has 0 radical (unpaired) electrons. The van der Waals surface area contributed by atoms with Gasteiger partial charge in [-0.2, -0.15) is 0 Å². The Morgan fingerprint density at radius 1 is 1.00 bits per heavy atom. The summed E-state index contributed by atoms with van der Waals surface area (Å²) < 4.78 is 10.2. The van der Waals surface area contributed by atoms with Crippen LogP contribution in [0, 0.1) is 6.92 Å². The number of hydrogen-bond donors (Lipinski definition) is 1. The van der Waals surface area contributed by atoms with Crippen molar-refractivity contribution in [1.29, 1.82) is 0 Å². The summed E-state index contributed by atoms with van der Waals surface area (Å²) in [7, 11) is 0. The second-order valence-electron chi connectivity index (χ2n) is 5.74. The van der Waals surface area contributed by atoms with Gasteiger partial charge in [0.25, 0.3) is 5.91 Å². The minimum atomic E-state index is -0.663. The summed E-state index contributed by atoms with van der Waals surface area (Å²) in [5, 5.41) is 2.69. The van der Waals surface area contributed by atoms with Gasteiger partial charge in [-0.3, -0.25) is 9.59 Å². The SMILES string of the molecule is CC(=O)c1cccc(OCC(=O)OCC(=O)NCc2ccccc2C)c1. The molecule has 2 rings (SSSR count). The number of benzene rings is 2. The number of nitrogens with one attached hydrogen (secondary N) is 1. The van der Waals surface area contributed by atoms with Crippen molar-refractivity contribution in [3.05, 3.63) is 65.2 Å². The fourth-order valence-corrected chi connectivity index (χ4v) is 2.19. The van der Waals surface area contributed by atoms with Gasteiger partial charge in [-0.1, -0.05) is 36.4 Å². The van der Waals surface area contributed by atoms with Crippen molar-refractivity contribution >= 4 is 17.7 Å². The molecule has 0 spiro atoms. The Morgan fingerprint density at radius 2 is 1.77 bits per heavy atom. The van der Waals surface area contributed by atoms with Gasteiger partial charge in [-0.25, -0.2) is 4.79 Å². The van der Waals surface area contributed by atoms with Crippen molar-refractivity contribution in [2.45, 2.75) is 20.4 Å². The number of carbonyl (C=O) groups excluding carboxylic acids is 3. The van der Waals surface area contributed by atoms with E-state index < -0.39 is 5.97 Å². The Kier molecular flexibility index (Phi) is 6.91. The average Bonchev–Trinajstić information content (AvgIpc) is 2.64. The number of hydrogen-bond acceptors (Lipinski definition) is 5. The van der Waals surface area contributed by atoms with Gasteiger partial charge in [0.2, 0.25) is 0 Å². The summed E-state index contributed by atoms with van der Waals surface area (Å²) in [6, 6.07) is 14.2. The van der Waals surface area contributed by atoms with Gasteiger partial charge in [-0.05, 0) is 37.1 Å². The molecule has 0 saturated heterocycles. The van der Waals surface area contributed by atoms with Crippen molar-refractivity contribution in [1.82, 2.24) is 5.32 Å². The molecule has 0 aliphatic carbocycles. The Hall–Kier alpha value is -3.15. The third kappa shape index (κ3) is 6.05. The van der Waals surface area contributed by atoms with E-state index in [1.54, 1.807) is 24.3 Å². The van der Waals surface area contributed by atoms with Crippen LogP contribution in [-0.4, -0.2) is 30.9 Å². The molecule has 0 saturated carbocycles.